The first-order chi connectivity index (χ1) is 12.7. The second-order valence-electron chi connectivity index (χ2n) is 5.66. The van der Waals surface area contributed by atoms with Crippen LogP contribution >= 0.6 is 0 Å². The summed E-state index contributed by atoms with van der Waals surface area (Å²) >= 11 is 0. The van der Waals surface area contributed by atoms with Gasteiger partial charge in [-0.2, -0.15) is 5.26 Å². The molecule has 2 rings (SSSR count). The Hall–Kier alpha value is -3.26. The number of hydrogen-bond acceptors (Lipinski definition) is 4. The summed E-state index contributed by atoms with van der Waals surface area (Å²) in [4.78, 5) is 13.9. The van der Waals surface area contributed by atoms with E-state index in [-0.39, 0.29) is 19.1 Å². The number of carbonyl (C=O) groups is 1. The van der Waals surface area contributed by atoms with Gasteiger partial charge in [-0.15, -0.1) is 6.58 Å². The quantitative estimate of drug-likeness (QED) is 0.514. The van der Waals surface area contributed by atoms with Crippen LogP contribution in [0.2, 0.25) is 0 Å². The summed E-state index contributed by atoms with van der Waals surface area (Å²) in [5.74, 6) is 0.796. The van der Waals surface area contributed by atoms with Crippen molar-refractivity contribution in [1.82, 2.24) is 4.90 Å². The third kappa shape index (κ3) is 5.38. The number of hydrogen-bond donors (Lipinski definition) is 0. The fourth-order valence-corrected chi connectivity index (χ4v) is 2.48. The van der Waals surface area contributed by atoms with Crippen LogP contribution in [-0.4, -0.2) is 31.1 Å². The molecule has 2 aromatic rings. The molecule has 2 aromatic carbocycles. The van der Waals surface area contributed by atoms with Crippen molar-refractivity contribution in [1.29, 1.82) is 5.26 Å². The van der Waals surface area contributed by atoms with Gasteiger partial charge < -0.3 is 14.4 Å². The summed E-state index contributed by atoms with van der Waals surface area (Å²) in [7, 11) is 1.55. The largest absolute Gasteiger partial charge is 0.493 e. The standard InChI is InChI=1S/C21H22N2O3/c1-3-7-17-10-11-19(20(14-17)25-2)26-16-21(24)23(13-12-22)15-18-8-5-4-6-9-18/h3-6,8-11,14H,1,7,13,15-16H2,2H3. The van der Waals surface area contributed by atoms with Crippen LogP contribution in [0.25, 0.3) is 0 Å². The summed E-state index contributed by atoms with van der Waals surface area (Å²) in [6, 6.07) is 17.1. The van der Waals surface area contributed by atoms with Crippen molar-refractivity contribution in [3.8, 4) is 17.6 Å². The van der Waals surface area contributed by atoms with Crippen molar-refractivity contribution in [2.45, 2.75) is 13.0 Å². The molecule has 0 N–H and O–H groups in total. The normalized spacial score (nSPS) is 9.85. The van der Waals surface area contributed by atoms with Gasteiger partial charge in [0.2, 0.25) is 0 Å². The number of carbonyl (C=O) groups excluding carboxylic acids is 1. The molecule has 0 saturated heterocycles. The number of nitriles is 1. The number of ether oxygens (including phenoxy) is 2. The highest BCUT2D eigenvalue weighted by Crippen LogP contribution is 2.28. The molecule has 0 aliphatic heterocycles. The van der Waals surface area contributed by atoms with Gasteiger partial charge in [-0.05, 0) is 29.7 Å². The Kier molecular flexibility index (Phi) is 7.26. The minimum atomic E-state index is -0.257. The van der Waals surface area contributed by atoms with Crippen molar-refractivity contribution in [3.63, 3.8) is 0 Å². The second kappa shape index (κ2) is 9.90. The van der Waals surface area contributed by atoms with Crippen molar-refractivity contribution < 1.29 is 14.3 Å². The zero-order chi connectivity index (χ0) is 18.8. The number of benzene rings is 2. The molecule has 1 amide bonds. The van der Waals surface area contributed by atoms with Gasteiger partial charge in [-0.25, -0.2) is 0 Å². The fourth-order valence-electron chi connectivity index (χ4n) is 2.48. The Labute approximate surface area is 154 Å². The van der Waals surface area contributed by atoms with E-state index in [1.54, 1.807) is 13.2 Å². The summed E-state index contributed by atoms with van der Waals surface area (Å²) < 4.78 is 11.0. The van der Waals surface area contributed by atoms with E-state index in [0.717, 1.165) is 17.5 Å². The third-order valence-electron chi connectivity index (χ3n) is 3.79. The Morgan fingerprint density at radius 2 is 1.96 bits per heavy atom. The first kappa shape index (κ1) is 19.1. The van der Waals surface area contributed by atoms with Gasteiger partial charge in [-0.1, -0.05) is 42.5 Å². The predicted octanol–water partition coefficient (Wildman–Crippen LogP) is 3.35. The molecule has 134 valence electrons. The van der Waals surface area contributed by atoms with Gasteiger partial charge in [0.1, 0.15) is 6.54 Å². The lowest BCUT2D eigenvalue weighted by molar-refractivity contribution is -0.133. The van der Waals surface area contributed by atoms with E-state index in [4.69, 9.17) is 14.7 Å². The highest BCUT2D eigenvalue weighted by atomic mass is 16.5. The minimum Gasteiger partial charge on any atom is -0.493 e. The van der Waals surface area contributed by atoms with Crippen molar-refractivity contribution in [3.05, 3.63) is 72.3 Å². The van der Waals surface area contributed by atoms with Crippen molar-refractivity contribution in [2.75, 3.05) is 20.3 Å². The maximum absolute atomic E-state index is 12.5. The molecular formula is C21H22N2O3. The summed E-state index contributed by atoms with van der Waals surface area (Å²) in [6.45, 7) is 3.93. The van der Waals surface area contributed by atoms with Crippen LogP contribution in [0, 0.1) is 11.3 Å². The van der Waals surface area contributed by atoms with Gasteiger partial charge in [0.25, 0.3) is 5.91 Å². The first-order valence-corrected chi connectivity index (χ1v) is 8.27. The van der Waals surface area contributed by atoms with E-state index in [1.807, 2.05) is 54.6 Å². The molecule has 0 heterocycles. The topological polar surface area (TPSA) is 62.6 Å². The number of nitrogens with zero attached hydrogens (tertiary/aromatic N) is 2. The fraction of sp³-hybridized carbons (Fsp3) is 0.238. The molecule has 0 radical (unpaired) electrons. The van der Waals surface area contributed by atoms with Gasteiger partial charge in [0.05, 0.1) is 13.2 Å². The Bertz CT molecular complexity index is 782. The van der Waals surface area contributed by atoms with Gasteiger partial charge in [0.15, 0.2) is 18.1 Å². The number of rotatable bonds is 9. The molecule has 0 atom stereocenters. The number of methoxy groups -OCH3 is 1. The Balaban J connectivity index is 2.03. The average Bonchev–Trinajstić information content (AvgIpc) is 2.67. The molecule has 0 aliphatic rings. The molecule has 5 nitrogen and oxygen atoms in total. The highest BCUT2D eigenvalue weighted by Gasteiger charge is 2.16. The van der Waals surface area contributed by atoms with Crippen LogP contribution < -0.4 is 9.47 Å². The van der Waals surface area contributed by atoms with E-state index in [2.05, 4.69) is 6.58 Å². The Morgan fingerprint density at radius 3 is 2.62 bits per heavy atom. The number of amides is 1. The molecule has 0 unspecified atom stereocenters. The third-order valence-corrected chi connectivity index (χ3v) is 3.79. The predicted molar refractivity (Wildman–Crippen MR) is 99.9 cm³/mol. The van der Waals surface area contributed by atoms with Crippen molar-refractivity contribution in [2.24, 2.45) is 0 Å². The zero-order valence-corrected chi connectivity index (χ0v) is 14.9. The van der Waals surface area contributed by atoms with E-state index in [1.165, 1.54) is 4.90 Å². The summed E-state index contributed by atoms with van der Waals surface area (Å²) in [6.07, 6.45) is 2.53. The van der Waals surface area contributed by atoms with E-state index in [0.29, 0.717) is 18.0 Å². The molecule has 0 spiro atoms. The first-order valence-electron chi connectivity index (χ1n) is 8.27. The van der Waals surface area contributed by atoms with Crippen LogP contribution in [0.4, 0.5) is 0 Å². The number of allylic oxidation sites excluding steroid dienone is 1. The maximum atomic E-state index is 12.5. The van der Waals surface area contributed by atoms with Crippen LogP contribution in [0.1, 0.15) is 11.1 Å². The monoisotopic (exact) mass is 350 g/mol. The lowest BCUT2D eigenvalue weighted by atomic mass is 10.1. The Morgan fingerprint density at radius 1 is 1.19 bits per heavy atom. The van der Waals surface area contributed by atoms with E-state index >= 15 is 0 Å². The molecule has 0 aliphatic carbocycles. The minimum absolute atomic E-state index is 0.00644. The summed E-state index contributed by atoms with van der Waals surface area (Å²) in [5.41, 5.74) is 2.01. The maximum Gasteiger partial charge on any atom is 0.261 e. The molecule has 0 fully saturated rings. The van der Waals surface area contributed by atoms with E-state index in [9.17, 15) is 4.79 Å². The lowest BCUT2D eigenvalue weighted by Crippen LogP contribution is -2.34. The lowest BCUT2D eigenvalue weighted by Gasteiger charge is -2.20. The molecule has 0 saturated carbocycles. The second-order valence-corrected chi connectivity index (χ2v) is 5.66. The zero-order valence-electron chi connectivity index (χ0n) is 14.9. The van der Waals surface area contributed by atoms with Crippen LogP contribution in [0.3, 0.4) is 0 Å². The van der Waals surface area contributed by atoms with Crippen LogP contribution in [-0.2, 0) is 17.8 Å². The van der Waals surface area contributed by atoms with Gasteiger partial charge >= 0.3 is 0 Å². The highest BCUT2D eigenvalue weighted by molar-refractivity contribution is 5.78. The average molecular weight is 350 g/mol. The van der Waals surface area contributed by atoms with Crippen molar-refractivity contribution >= 4 is 5.91 Å². The van der Waals surface area contributed by atoms with Crippen LogP contribution in [0.5, 0.6) is 11.5 Å². The van der Waals surface area contributed by atoms with Gasteiger partial charge in [-0.3, -0.25) is 4.79 Å². The molecule has 26 heavy (non-hydrogen) atoms. The molecule has 0 aromatic heterocycles. The van der Waals surface area contributed by atoms with Crippen LogP contribution in [0.15, 0.2) is 61.2 Å². The molecule has 0 bridgehead atoms. The van der Waals surface area contributed by atoms with E-state index < -0.39 is 0 Å². The van der Waals surface area contributed by atoms with Gasteiger partial charge in [0, 0.05) is 6.54 Å². The summed E-state index contributed by atoms with van der Waals surface area (Å²) in [5, 5.41) is 9.00. The molecule has 5 heteroatoms. The molecular weight excluding hydrogens is 328 g/mol. The SMILES string of the molecule is C=CCc1ccc(OCC(=O)N(CC#N)Cc2ccccc2)c(OC)c1. The smallest absolute Gasteiger partial charge is 0.261 e.